The fourth-order valence-electron chi connectivity index (χ4n) is 6.33. The van der Waals surface area contributed by atoms with E-state index in [2.05, 4.69) is 220 Å². The summed E-state index contributed by atoms with van der Waals surface area (Å²) in [5, 5.41) is 2.50. The lowest BCUT2D eigenvalue weighted by Crippen LogP contribution is -2.10. The normalized spacial score (nSPS) is 11.5. The fraction of sp³-hybridized carbons (Fsp3) is 0.0612. The Labute approximate surface area is 296 Å². The minimum Gasteiger partial charge on any atom is -0.317 e. The van der Waals surface area contributed by atoms with E-state index in [9.17, 15) is 0 Å². The molecule has 0 radical (unpaired) electrons. The van der Waals surface area contributed by atoms with Crippen LogP contribution in [0.25, 0.3) is 28.0 Å². The van der Waals surface area contributed by atoms with Gasteiger partial charge in [0.05, 0.1) is 0 Å². The number of hydrogen-bond donors (Lipinski definition) is 0. The summed E-state index contributed by atoms with van der Waals surface area (Å²) in [6.07, 6.45) is 8.88. The molecule has 0 bridgehead atoms. The highest BCUT2D eigenvalue weighted by molar-refractivity contribution is 5.98. The maximum absolute atomic E-state index is 2.29. The number of allylic oxidation sites excluding steroid dienone is 2. The molecule has 0 aromatic heterocycles. The highest BCUT2D eigenvalue weighted by Crippen LogP contribution is 2.33. The summed E-state index contributed by atoms with van der Waals surface area (Å²) in [6.45, 7) is 6.40. The van der Waals surface area contributed by atoms with Crippen LogP contribution in [0.1, 0.15) is 44.5 Å². The number of anilines is 2. The van der Waals surface area contributed by atoms with Crippen molar-refractivity contribution in [3.8, 4) is 0 Å². The predicted octanol–water partition coefficient (Wildman–Crippen LogP) is 13.1. The maximum atomic E-state index is 2.29. The lowest BCUT2D eigenvalue weighted by Gasteiger charge is -2.23. The van der Waals surface area contributed by atoms with Gasteiger partial charge in [-0.3, -0.25) is 0 Å². The Morgan fingerprint density at radius 2 is 0.940 bits per heavy atom. The van der Waals surface area contributed by atoms with Crippen molar-refractivity contribution in [2.75, 3.05) is 4.90 Å². The third-order valence-electron chi connectivity index (χ3n) is 9.18. The van der Waals surface area contributed by atoms with Crippen molar-refractivity contribution < 1.29 is 0 Å². The number of rotatable bonds is 9. The molecular weight excluding hydrogens is 603 g/mol. The number of nitrogens with zero attached hydrogens (tertiary/aromatic N) is 1. The third-order valence-corrected chi connectivity index (χ3v) is 9.18. The molecule has 242 valence electrons. The molecular formula is C49H41N. The van der Waals surface area contributed by atoms with Gasteiger partial charge >= 0.3 is 0 Å². The molecule has 0 heterocycles. The van der Waals surface area contributed by atoms with E-state index in [0.29, 0.717) is 0 Å². The molecule has 0 aliphatic carbocycles. The van der Waals surface area contributed by atoms with Gasteiger partial charge in [0.2, 0.25) is 0 Å². The van der Waals surface area contributed by atoms with Crippen molar-refractivity contribution in [2.24, 2.45) is 0 Å². The van der Waals surface area contributed by atoms with Gasteiger partial charge < -0.3 is 4.90 Å². The summed E-state index contributed by atoms with van der Waals surface area (Å²) in [5.74, 6) is 0. The first-order valence-corrected chi connectivity index (χ1v) is 17.3. The van der Waals surface area contributed by atoms with E-state index >= 15 is 0 Å². The summed E-state index contributed by atoms with van der Waals surface area (Å²) in [6, 6.07) is 61.0. The van der Waals surface area contributed by atoms with Gasteiger partial charge in [-0.2, -0.15) is 0 Å². The van der Waals surface area contributed by atoms with Gasteiger partial charge in [-0.05, 0) is 89.2 Å². The maximum Gasteiger partial charge on any atom is 0.0456 e. The van der Waals surface area contributed by atoms with Gasteiger partial charge in [-0.1, -0.05) is 181 Å². The van der Waals surface area contributed by atoms with Crippen LogP contribution >= 0.6 is 0 Å². The zero-order valence-corrected chi connectivity index (χ0v) is 28.9. The van der Waals surface area contributed by atoms with Gasteiger partial charge in [0, 0.05) is 23.1 Å². The Kier molecular flexibility index (Phi) is 9.67. The third kappa shape index (κ3) is 7.43. The second-order valence-electron chi connectivity index (χ2n) is 12.9. The number of aryl methyl sites for hydroxylation is 3. The van der Waals surface area contributed by atoms with Crippen LogP contribution in [0.4, 0.5) is 11.4 Å². The average Bonchev–Trinajstić information content (AvgIpc) is 3.16. The van der Waals surface area contributed by atoms with Gasteiger partial charge in [0.25, 0.3) is 0 Å². The summed E-state index contributed by atoms with van der Waals surface area (Å²) in [5.41, 5.74) is 14.3. The second kappa shape index (κ2) is 14.9. The van der Waals surface area contributed by atoms with Crippen LogP contribution in [0.15, 0.2) is 188 Å². The summed E-state index contributed by atoms with van der Waals surface area (Å²) in [4.78, 5) is 2.29. The summed E-state index contributed by atoms with van der Waals surface area (Å²) in [7, 11) is 0. The van der Waals surface area contributed by atoms with Crippen LogP contribution in [0.2, 0.25) is 0 Å². The van der Waals surface area contributed by atoms with Gasteiger partial charge in [0.1, 0.15) is 0 Å². The molecule has 0 N–H and O–H groups in total. The largest absolute Gasteiger partial charge is 0.317 e. The Morgan fingerprint density at radius 1 is 0.440 bits per heavy atom. The molecule has 0 unspecified atom stereocenters. The first kappa shape index (κ1) is 32.4. The van der Waals surface area contributed by atoms with Crippen molar-refractivity contribution in [1.82, 2.24) is 0 Å². The highest BCUT2D eigenvalue weighted by atomic mass is 15.1. The van der Waals surface area contributed by atoms with Crippen LogP contribution in [0.3, 0.4) is 0 Å². The lowest BCUT2D eigenvalue weighted by molar-refractivity contribution is 1.28. The number of benzene rings is 7. The molecule has 1 heteroatoms. The van der Waals surface area contributed by atoms with Crippen LogP contribution in [0.5, 0.6) is 0 Å². The van der Waals surface area contributed by atoms with Crippen molar-refractivity contribution in [3.63, 3.8) is 0 Å². The molecule has 0 spiro atoms. The molecule has 0 fully saturated rings. The van der Waals surface area contributed by atoms with Gasteiger partial charge in [0.15, 0.2) is 0 Å². The molecule has 1 nitrogen and oxygen atoms in total. The molecule has 7 aromatic rings. The predicted molar refractivity (Wildman–Crippen MR) is 216 cm³/mol. The van der Waals surface area contributed by atoms with E-state index in [-0.39, 0.29) is 0 Å². The quantitative estimate of drug-likeness (QED) is 0.142. The average molecular weight is 644 g/mol. The first-order valence-electron chi connectivity index (χ1n) is 17.3. The first-order chi connectivity index (χ1) is 24.5. The van der Waals surface area contributed by atoms with E-state index in [1.807, 2.05) is 0 Å². The fourth-order valence-corrected chi connectivity index (χ4v) is 6.33. The minimum atomic E-state index is 1.09. The number of para-hydroxylation sites is 1. The van der Waals surface area contributed by atoms with E-state index < -0.39 is 0 Å². The van der Waals surface area contributed by atoms with Crippen molar-refractivity contribution in [1.29, 1.82) is 0 Å². The Hall–Kier alpha value is -6.18. The van der Waals surface area contributed by atoms with E-state index in [0.717, 1.165) is 16.9 Å². The van der Waals surface area contributed by atoms with Gasteiger partial charge in [-0.15, -0.1) is 0 Å². The van der Waals surface area contributed by atoms with Crippen LogP contribution in [0, 0.1) is 20.8 Å². The molecule has 0 amide bonds. The summed E-state index contributed by atoms with van der Waals surface area (Å²) < 4.78 is 0. The van der Waals surface area contributed by atoms with E-state index in [1.165, 1.54) is 60.9 Å². The lowest BCUT2D eigenvalue weighted by atomic mass is 9.92. The minimum absolute atomic E-state index is 1.09. The molecule has 7 rings (SSSR count). The molecule has 7 aromatic carbocycles. The Morgan fingerprint density at radius 3 is 1.54 bits per heavy atom. The number of fused-ring (bicyclic) bond motifs is 1. The molecule has 0 aliphatic rings. The topological polar surface area (TPSA) is 3.24 Å². The monoisotopic (exact) mass is 643 g/mol. The van der Waals surface area contributed by atoms with Crippen molar-refractivity contribution in [2.45, 2.75) is 20.8 Å². The van der Waals surface area contributed by atoms with Crippen LogP contribution in [-0.2, 0) is 0 Å². The van der Waals surface area contributed by atoms with Gasteiger partial charge in [-0.25, -0.2) is 0 Å². The van der Waals surface area contributed by atoms with Crippen molar-refractivity contribution in [3.05, 3.63) is 233 Å². The Bertz CT molecular complexity index is 2230. The smallest absolute Gasteiger partial charge is 0.0456 e. The van der Waals surface area contributed by atoms with Crippen LogP contribution in [-0.4, -0.2) is 0 Å². The van der Waals surface area contributed by atoms with Crippen LogP contribution < -0.4 is 4.90 Å². The zero-order valence-electron chi connectivity index (χ0n) is 28.9. The van der Waals surface area contributed by atoms with Crippen molar-refractivity contribution >= 4 is 39.4 Å². The SMILES string of the molecule is Cc1ccc(C(=CN(c2ccccc2)c2ccc(C=CC=C(c3ccc(C)cc3)c3cccc4ccccc34)cc2)c2ccc(C)cc2)cc1. The molecule has 0 atom stereocenters. The summed E-state index contributed by atoms with van der Waals surface area (Å²) >= 11 is 0. The highest BCUT2D eigenvalue weighted by Gasteiger charge is 2.13. The molecule has 0 saturated heterocycles. The second-order valence-corrected chi connectivity index (χ2v) is 12.9. The molecule has 0 saturated carbocycles. The Balaban J connectivity index is 1.25. The molecule has 0 aliphatic heterocycles. The van der Waals surface area contributed by atoms with E-state index in [4.69, 9.17) is 0 Å². The number of hydrogen-bond acceptors (Lipinski definition) is 1. The standard InChI is InChI=1S/C49H41N/c1-36-19-27-41(28-20-36)47(48-18-10-13-40-12-7-8-16-46(40)48)17-9-11-39-25-33-45(34-26-39)50(44-14-5-4-6-15-44)35-49(42-29-21-37(2)22-30-42)43-31-23-38(3)24-32-43/h4-35H,1-3H3. The van der Waals surface area contributed by atoms with E-state index in [1.54, 1.807) is 0 Å². The molecule has 50 heavy (non-hydrogen) atoms. The zero-order chi connectivity index (χ0) is 34.3.